The first-order valence-corrected chi connectivity index (χ1v) is 10.3. The van der Waals surface area contributed by atoms with Crippen LogP contribution < -0.4 is 5.32 Å². The van der Waals surface area contributed by atoms with Gasteiger partial charge in [0.25, 0.3) is 5.91 Å². The predicted octanol–water partition coefficient (Wildman–Crippen LogP) is 1.28. The molecular formula is C18H22N6O2S. The van der Waals surface area contributed by atoms with E-state index in [-0.39, 0.29) is 11.7 Å². The van der Waals surface area contributed by atoms with E-state index in [1.807, 2.05) is 0 Å². The van der Waals surface area contributed by atoms with Gasteiger partial charge in [0.1, 0.15) is 11.2 Å². The van der Waals surface area contributed by atoms with E-state index < -0.39 is 0 Å². The quantitative estimate of drug-likeness (QED) is 0.665. The lowest BCUT2D eigenvalue weighted by Crippen LogP contribution is -2.38. The highest BCUT2D eigenvalue weighted by Crippen LogP contribution is 2.37. The number of aromatic nitrogens is 4. The summed E-state index contributed by atoms with van der Waals surface area (Å²) in [6.45, 7) is 5.12. The van der Waals surface area contributed by atoms with Gasteiger partial charge in [0, 0.05) is 24.5 Å². The Labute approximate surface area is 160 Å². The Morgan fingerprint density at radius 3 is 3.07 bits per heavy atom. The molecule has 4 heterocycles. The minimum Gasteiger partial charge on any atom is -0.379 e. The van der Waals surface area contributed by atoms with E-state index in [2.05, 4.69) is 25.3 Å². The number of amides is 1. The van der Waals surface area contributed by atoms with Crippen LogP contribution in [0.2, 0.25) is 0 Å². The van der Waals surface area contributed by atoms with Crippen LogP contribution >= 0.6 is 11.3 Å². The maximum Gasteiger partial charge on any atom is 0.290 e. The zero-order valence-electron chi connectivity index (χ0n) is 15.1. The molecule has 0 aromatic carbocycles. The van der Waals surface area contributed by atoms with Crippen molar-refractivity contribution in [3.05, 3.63) is 22.6 Å². The molecule has 1 fully saturated rings. The number of aryl methyl sites for hydroxylation is 2. The molecule has 1 aliphatic heterocycles. The van der Waals surface area contributed by atoms with Crippen molar-refractivity contribution >= 4 is 33.1 Å². The fourth-order valence-electron chi connectivity index (χ4n) is 3.90. The lowest BCUT2D eigenvalue weighted by atomic mass is 10.2. The first-order chi connectivity index (χ1) is 13.3. The molecule has 9 heteroatoms. The predicted molar refractivity (Wildman–Crippen MR) is 102 cm³/mol. The van der Waals surface area contributed by atoms with Crippen molar-refractivity contribution in [2.24, 2.45) is 0 Å². The summed E-state index contributed by atoms with van der Waals surface area (Å²) in [4.78, 5) is 26.3. The van der Waals surface area contributed by atoms with Crippen LogP contribution in [0.25, 0.3) is 15.9 Å². The Hall–Kier alpha value is -2.10. The monoisotopic (exact) mass is 386 g/mol. The van der Waals surface area contributed by atoms with Crippen LogP contribution in [0.4, 0.5) is 0 Å². The van der Waals surface area contributed by atoms with E-state index in [4.69, 9.17) is 4.74 Å². The average Bonchev–Trinajstić information content (AvgIpc) is 3.38. The first-order valence-electron chi connectivity index (χ1n) is 9.53. The van der Waals surface area contributed by atoms with Crippen molar-refractivity contribution in [2.45, 2.75) is 25.7 Å². The fourth-order valence-corrected chi connectivity index (χ4v) is 5.12. The second-order valence-corrected chi connectivity index (χ2v) is 8.13. The summed E-state index contributed by atoms with van der Waals surface area (Å²) in [5, 5.41) is 8.36. The van der Waals surface area contributed by atoms with Gasteiger partial charge in [-0.05, 0) is 37.8 Å². The molecule has 0 saturated carbocycles. The molecular weight excluding hydrogens is 364 g/mol. The van der Waals surface area contributed by atoms with Gasteiger partial charge in [-0.1, -0.05) is 0 Å². The average molecular weight is 386 g/mol. The topological polar surface area (TPSA) is 84.7 Å². The van der Waals surface area contributed by atoms with Crippen molar-refractivity contribution in [2.75, 3.05) is 39.4 Å². The molecule has 0 atom stereocenters. The first kappa shape index (κ1) is 17.0. The number of thiophene rings is 1. The Kier molecular flexibility index (Phi) is 4.50. The highest BCUT2D eigenvalue weighted by Gasteiger charge is 2.23. The minimum absolute atomic E-state index is 0.216. The third kappa shape index (κ3) is 3.19. The SMILES string of the molecule is O=C(NCCCN1CCOCC1)c1nc2c3c4c(sc3ncn2n1)CCC4. The van der Waals surface area contributed by atoms with Gasteiger partial charge in [-0.25, -0.2) is 14.5 Å². The number of ether oxygens (including phenoxy) is 1. The van der Waals surface area contributed by atoms with Gasteiger partial charge in [-0.3, -0.25) is 9.69 Å². The van der Waals surface area contributed by atoms with Crippen LogP contribution in [0.5, 0.6) is 0 Å². The third-order valence-electron chi connectivity index (χ3n) is 5.29. The Morgan fingerprint density at radius 2 is 2.19 bits per heavy atom. The second kappa shape index (κ2) is 7.14. The molecule has 1 saturated heterocycles. The smallest absolute Gasteiger partial charge is 0.290 e. The second-order valence-electron chi connectivity index (χ2n) is 7.05. The van der Waals surface area contributed by atoms with Crippen LogP contribution in [0, 0.1) is 0 Å². The number of fused-ring (bicyclic) bond motifs is 5. The van der Waals surface area contributed by atoms with Gasteiger partial charge in [-0.2, -0.15) is 0 Å². The van der Waals surface area contributed by atoms with Gasteiger partial charge in [0.15, 0.2) is 5.65 Å². The number of nitrogens with one attached hydrogen (secondary N) is 1. The standard InChI is InChI=1S/C18H22N6O2S/c25-17(19-5-2-6-23-7-9-26-10-8-23)15-21-16-14-12-3-1-4-13(12)27-18(14)20-11-24(16)22-15/h11H,1-10H2,(H,19,25). The molecule has 8 nitrogen and oxygen atoms in total. The van der Waals surface area contributed by atoms with Gasteiger partial charge >= 0.3 is 0 Å². The fraction of sp³-hybridized carbons (Fsp3) is 0.556. The zero-order valence-corrected chi connectivity index (χ0v) is 15.9. The van der Waals surface area contributed by atoms with Crippen LogP contribution in [0.15, 0.2) is 6.33 Å². The Balaban J connectivity index is 1.28. The number of morpholine rings is 1. The van der Waals surface area contributed by atoms with Gasteiger partial charge in [0.05, 0.1) is 18.6 Å². The Bertz CT molecular complexity index is 991. The van der Waals surface area contributed by atoms with E-state index in [0.29, 0.717) is 6.54 Å². The van der Waals surface area contributed by atoms with Crippen LogP contribution in [0.1, 0.15) is 33.9 Å². The molecule has 0 bridgehead atoms. The molecule has 2 aliphatic rings. The van der Waals surface area contributed by atoms with Crippen molar-refractivity contribution in [3.8, 4) is 0 Å². The number of carbonyl (C=O) groups excluding carboxylic acids is 1. The largest absolute Gasteiger partial charge is 0.379 e. The number of carbonyl (C=O) groups is 1. The van der Waals surface area contributed by atoms with Crippen molar-refractivity contribution in [1.29, 1.82) is 0 Å². The van der Waals surface area contributed by atoms with E-state index in [1.165, 1.54) is 16.9 Å². The van der Waals surface area contributed by atoms with E-state index in [9.17, 15) is 4.79 Å². The molecule has 0 radical (unpaired) electrons. The highest BCUT2D eigenvalue weighted by atomic mass is 32.1. The molecule has 27 heavy (non-hydrogen) atoms. The summed E-state index contributed by atoms with van der Waals surface area (Å²) in [6, 6.07) is 0. The molecule has 0 unspecified atom stereocenters. The third-order valence-corrected chi connectivity index (χ3v) is 6.49. The lowest BCUT2D eigenvalue weighted by molar-refractivity contribution is 0.0374. The van der Waals surface area contributed by atoms with Crippen molar-refractivity contribution in [1.82, 2.24) is 29.8 Å². The van der Waals surface area contributed by atoms with Crippen molar-refractivity contribution < 1.29 is 9.53 Å². The normalized spacial score (nSPS) is 17.6. The molecule has 0 spiro atoms. The van der Waals surface area contributed by atoms with E-state index in [0.717, 1.165) is 68.0 Å². The molecule has 3 aromatic heterocycles. The zero-order chi connectivity index (χ0) is 18.2. The van der Waals surface area contributed by atoms with Gasteiger partial charge in [-0.15, -0.1) is 16.4 Å². The lowest BCUT2D eigenvalue weighted by Gasteiger charge is -2.26. The molecule has 1 amide bonds. The highest BCUT2D eigenvalue weighted by molar-refractivity contribution is 7.19. The molecule has 1 aliphatic carbocycles. The molecule has 5 rings (SSSR count). The van der Waals surface area contributed by atoms with E-state index in [1.54, 1.807) is 22.2 Å². The summed E-state index contributed by atoms with van der Waals surface area (Å²) in [6.07, 6.45) is 5.93. The molecule has 3 aromatic rings. The van der Waals surface area contributed by atoms with Crippen LogP contribution in [0.3, 0.4) is 0 Å². The molecule has 1 N–H and O–H groups in total. The maximum atomic E-state index is 12.5. The van der Waals surface area contributed by atoms with Gasteiger partial charge in [0.2, 0.25) is 5.82 Å². The summed E-state index contributed by atoms with van der Waals surface area (Å²) in [7, 11) is 0. The number of hydrogen-bond acceptors (Lipinski definition) is 7. The summed E-state index contributed by atoms with van der Waals surface area (Å²) in [5.41, 5.74) is 2.09. The summed E-state index contributed by atoms with van der Waals surface area (Å²) >= 11 is 1.74. The molecule has 142 valence electrons. The summed E-state index contributed by atoms with van der Waals surface area (Å²) < 4.78 is 6.98. The van der Waals surface area contributed by atoms with Crippen LogP contribution in [-0.4, -0.2) is 69.8 Å². The number of hydrogen-bond donors (Lipinski definition) is 1. The number of rotatable bonds is 5. The Morgan fingerprint density at radius 1 is 1.30 bits per heavy atom. The minimum atomic E-state index is -0.222. The number of nitrogens with zero attached hydrogens (tertiary/aromatic N) is 5. The van der Waals surface area contributed by atoms with Crippen LogP contribution in [-0.2, 0) is 17.6 Å². The van der Waals surface area contributed by atoms with E-state index >= 15 is 0 Å². The maximum absolute atomic E-state index is 12.5. The van der Waals surface area contributed by atoms with Gasteiger partial charge < -0.3 is 10.1 Å². The summed E-state index contributed by atoms with van der Waals surface area (Å²) in [5.74, 6) is -0.00526. The van der Waals surface area contributed by atoms with Crippen molar-refractivity contribution in [3.63, 3.8) is 0 Å².